The number of ether oxygens (including phenoxy) is 14. The van der Waals surface area contributed by atoms with E-state index in [9.17, 15) is 38.4 Å². The SMILES string of the molecule is C.C.C=COOCC(COCC(COCC(COCC(=O)CCC(=O)ON1C(=O)CCC1=O)OOC=C)OC)OC.C=COOCC(COCC(COCC(COCC(=O)CCCC(=O)ON1C(=O)CCC1=O)OOC=C)OC)OC.CC.CC.CC.CC.CCOC.CCOC.CCOC.CCOC. The van der Waals surface area contributed by atoms with Crippen molar-refractivity contribution in [3.63, 3.8) is 0 Å². The molecule has 0 bridgehead atoms. The van der Waals surface area contributed by atoms with Crippen molar-refractivity contribution in [3.05, 3.63) is 51.4 Å². The Hall–Kier alpha value is -6.00. The molecule has 6 atom stereocenters. The van der Waals surface area contributed by atoms with Crippen molar-refractivity contribution in [2.24, 2.45) is 0 Å². The van der Waals surface area contributed by atoms with Crippen LogP contribution in [0.25, 0.3) is 0 Å². The molecule has 0 saturated carbocycles. The molecule has 0 aromatic heterocycles. The van der Waals surface area contributed by atoms with Gasteiger partial charge in [-0.1, -0.05) is 96.6 Å². The first-order chi connectivity index (χ1) is 49.8. The minimum absolute atomic E-state index is 0. The summed E-state index contributed by atoms with van der Waals surface area (Å²) in [6.45, 7) is 41.6. The van der Waals surface area contributed by atoms with Crippen LogP contribution in [0, 0.1) is 0 Å². The Morgan fingerprint density at radius 3 is 0.848 bits per heavy atom. The van der Waals surface area contributed by atoms with Crippen LogP contribution in [0.1, 0.15) is 156 Å². The average Bonchev–Trinajstić information content (AvgIpc) is 1.74. The molecule has 2 aliphatic heterocycles. The van der Waals surface area contributed by atoms with Crippen LogP contribution in [0.5, 0.6) is 0 Å². The number of methoxy groups -OCH3 is 8. The summed E-state index contributed by atoms with van der Waals surface area (Å²) in [7, 11) is 12.8. The van der Waals surface area contributed by atoms with Crippen LogP contribution < -0.4 is 0 Å². The number of imide groups is 2. The van der Waals surface area contributed by atoms with Gasteiger partial charge in [-0.3, -0.25) is 28.8 Å². The fraction of sp³-hybridized carbons (Fsp3) is 0.775. The number of carbonyl (C=O) groups excluding carboxylic acids is 8. The third-order valence-electron chi connectivity index (χ3n) is 11.2. The minimum Gasteiger partial charge on any atom is -0.385 e. The predicted molar refractivity (Wildman–Crippen MR) is 391 cm³/mol. The maximum absolute atomic E-state index is 12.1. The third-order valence-corrected chi connectivity index (χ3v) is 11.2. The van der Waals surface area contributed by atoms with Gasteiger partial charge in [0, 0.05) is 128 Å². The van der Waals surface area contributed by atoms with Gasteiger partial charge in [0.15, 0.2) is 23.8 Å². The number of rotatable bonds is 55. The second-order valence-corrected chi connectivity index (χ2v) is 18.5. The first-order valence-corrected chi connectivity index (χ1v) is 34.2. The Balaban J connectivity index is -0.000000162. The monoisotopic (exact) mass is 1530 g/mol. The molecule has 6 unspecified atom stereocenters. The molecule has 0 radical (unpaired) electrons. The highest BCUT2D eigenvalue weighted by Gasteiger charge is 2.34. The van der Waals surface area contributed by atoms with Crippen molar-refractivity contribution in [1.82, 2.24) is 10.1 Å². The van der Waals surface area contributed by atoms with Crippen LogP contribution in [0.15, 0.2) is 51.4 Å². The normalized spacial score (nSPS) is 13.0. The predicted octanol–water partition coefficient (Wildman–Crippen LogP) is 9.53. The van der Waals surface area contributed by atoms with Gasteiger partial charge in [-0.15, -0.1) is 10.1 Å². The van der Waals surface area contributed by atoms with Crippen molar-refractivity contribution in [2.45, 2.75) is 192 Å². The zero-order valence-electron chi connectivity index (χ0n) is 65.7. The van der Waals surface area contributed by atoms with E-state index in [4.69, 9.17) is 86.4 Å². The van der Waals surface area contributed by atoms with Crippen molar-refractivity contribution in [3.8, 4) is 0 Å². The lowest BCUT2D eigenvalue weighted by Gasteiger charge is -2.20. The summed E-state index contributed by atoms with van der Waals surface area (Å²) in [5, 5.41) is 0.898. The topological polar surface area (TPSA) is 365 Å². The number of nitrogens with zero attached hydrogens (tertiary/aromatic N) is 2. The molecule has 2 aliphatic rings. The van der Waals surface area contributed by atoms with Gasteiger partial charge in [0.1, 0.15) is 75.9 Å². The van der Waals surface area contributed by atoms with Crippen molar-refractivity contribution < 1.29 is 153 Å². The molecular formula is C71H140N2O32. The van der Waals surface area contributed by atoms with E-state index >= 15 is 0 Å². The second-order valence-electron chi connectivity index (χ2n) is 18.5. The van der Waals surface area contributed by atoms with Crippen molar-refractivity contribution >= 4 is 47.1 Å². The Morgan fingerprint density at radius 1 is 0.352 bits per heavy atom. The van der Waals surface area contributed by atoms with Crippen LogP contribution in [-0.4, -0.2) is 270 Å². The summed E-state index contributed by atoms with van der Waals surface area (Å²) in [5.41, 5.74) is 0. The van der Waals surface area contributed by atoms with Gasteiger partial charge in [0.2, 0.25) is 0 Å². The smallest absolute Gasteiger partial charge is 0.333 e. The highest BCUT2D eigenvalue weighted by atomic mass is 17.2. The lowest BCUT2D eigenvalue weighted by Crippen LogP contribution is -2.32. The lowest BCUT2D eigenvalue weighted by molar-refractivity contribution is -0.299. The van der Waals surface area contributed by atoms with E-state index in [0.29, 0.717) is 10.1 Å². The van der Waals surface area contributed by atoms with Gasteiger partial charge >= 0.3 is 11.9 Å². The Morgan fingerprint density at radius 2 is 0.590 bits per heavy atom. The Labute approximate surface area is 628 Å². The van der Waals surface area contributed by atoms with Crippen molar-refractivity contribution in [1.29, 1.82) is 0 Å². The highest BCUT2D eigenvalue weighted by Crippen LogP contribution is 2.15. The molecule has 4 amide bonds. The van der Waals surface area contributed by atoms with Gasteiger partial charge in [0.25, 0.3) is 23.6 Å². The molecule has 34 heteroatoms. The van der Waals surface area contributed by atoms with Crippen molar-refractivity contribution in [2.75, 3.05) is 176 Å². The van der Waals surface area contributed by atoms with Crippen LogP contribution >= 0.6 is 0 Å². The molecular weight excluding hydrogens is 1390 g/mol. The van der Waals surface area contributed by atoms with E-state index in [1.807, 2.05) is 83.1 Å². The van der Waals surface area contributed by atoms with Crippen LogP contribution in [0.2, 0.25) is 0 Å². The number of ketones is 2. The summed E-state index contributed by atoms with van der Waals surface area (Å²) in [6, 6.07) is 0. The number of Topliss-reactive ketones (excluding diaryl/α,β-unsaturated/α-hetero) is 2. The Kier molecular flexibility index (Phi) is 112. The first kappa shape index (κ1) is 120. The number of carbonyl (C=O) groups is 8. The molecule has 0 N–H and O–H groups in total. The summed E-state index contributed by atoms with van der Waals surface area (Å²) in [4.78, 5) is 142. The third kappa shape index (κ3) is 81.9. The summed E-state index contributed by atoms with van der Waals surface area (Å²) in [6.07, 6.45) is 1.09. The van der Waals surface area contributed by atoms with Crippen LogP contribution in [0.3, 0.4) is 0 Å². The standard InChI is InChI=1S/C25H39NO14.C24H37NO14.4C3H8O.4C2H6.2CH4/c1-5-36-38-18-21(32-4)15-34-13-20(31-3)14-35-17-22(40-37-6-2)16-33-12-19(27)8-7-9-25(30)39-26-23(28)10-11-24(26)29;1-5-35-37-17-20(31-4)14-33-12-19(30-3)13-34-16-21(39-36-6-2)15-32-11-18(26)7-10-24(29)38-25-22(27)8-9-23(25)28;4*1-3-4-2;4*1-2;;/h5-6,20-22H,1-2,7-18H2,3-4H3;5-6,19-21H,1-2,7-17H2,3-4H3;4*3H2,1-2H3;4*1-2H3;2*1H4. The largest absolute Gasteiger partial charge is 0.385 e. The fourth-order valence-electron chi connectivity index (χ4n) is 5.86. The van der Waals surface area contributed by atoms with Crippen LogP contribution in [-0.2, 0) is 153 Å². The molecule has 0 spiro atoms. The number of amides is 4. The van der Waals surface area contributed by atoms with Crippen LogP contribution in [0.4, 0.5) is 0 Å². The molecule has 0 aromatic carbocycles. The van der Waals surface area contributed by atoms with E-state index in [2.05, 4.69) is 55.0 Å². The van der Waals surface area contributed by atoms with Gasteiger partial charge in [-0.05, 0) is 34.1 Å². The minimum atomic E-state index is -0.870. The lowest BCUT2D eigenvalue weighted by atomic mass is 10.2. The molecule has 626 valence electrons. The molecule has 2 fully saturated rings. The van der Waals surface area contributed by atoms with E-state index in [-0.39, 0.29) is 189 Å². The fourth-order valence-corrected chi connectivity index (χ4v) is 5.86. The maximum Gasteiger partial charge on any atom is 0.333 e. The summed E-state index contributed by atoms with van der Waals surface area (Å²) in [5.74, 6) is -4.62. The quantitative estimate of drug-likeness (QED) is 0.0180. The zero-order chi connectivity index (χ0) is 80.1. The molecule has 0 aromatic rings. The summed E-state index contributed by atoms with van der Waals surface area (Å²) >= 11 is 0. The average molecular weight is 1530 g/mol. The molecule has 2 rings (SSSR count). The summed E-state index contributed by atoms with van der Waals surface area (Å²) < 4.78 is 72.4. The van der Waals surface area contributed by atoms with E-state index in [0.717, 1.165) is 51.5 Å². The Bertz CT molecular complexity index is 1920. The van der Waals surface area contributed by atoms with Gasteiger partial charge in [0.05, 0.1) is 72.5 Å². The number of hydrogen-bond donors (Lipinski definition) is 0. The molecule has 34 nitrogen and oxygen atoms in total. The van der Waals surface area contributed by atoms with E-state index in [1.54, 1.807) is 28.4 Å². The maximum atomic E-state index is 12.1. The highest BCUT2D eigenvalue weighted by molar-refractivity contribution is 6.02. The first-order valence-electron chi connectivity index (χ1n) is 34.2. The molecule has 105 heavy (non-hydrogen) atoms. The molecule has 2 heterocycles. The molecule has 0 aliphatic carbocycles. The number of hydroxylamine groups is 4. The zero-order valence-corrected chi connectivity index (χ0v) is 65.7. The van der Waals surface area contributed by atoms with Gasteiger partial charge < -0.3 is 95.5 Å². The second kappa shape index (κ2) is 98.0. The van der Waals surface area contributed by atoms with Gasteiger partial charge in [-0.25, -0.2) is 9.59 Å². The molecule has 2 saturated heterocycles. The van der Waals surface area contributed by atoms with Gasteiger partial charge in [-0.2, -0.15) is 19.6 Å². The van der Waals surface area contributed by atoms with E-state index in [1.165, 1.54) is 28.4 Å². The van der Waals surface area contributed by atoms with E-state index < -0.39 is 59.7 Å². The number of hydrogen-bond acceptors (Lipinski definition) is 32.